The molecule has 17 heavy (non-hydrogen) atoms. The minimum absolute atomic E-state index is 0.0993. The molecule has 1 fully saturated rings. The van der Waals surface area contributed by atoms with Crippen LogP contribution in [-0.4, -0.2) is 27.5 Å². The van der Waals surface area contributed by atoms with E-state index in [-0.39, 0.29) is 16.9 Å². The third-order valence-electron chi connectivity index (χ3n) is 3.02. The quantitative estimate of drug-likeness (QED) is 0.462. The van der Waals surface area contributed by atoms with Gasteiger partial charge >= 0.3 is 5.69 Å². The summed E-state index contributed by atoms with van der Waals surface area (Å²) < 4.78 is 0. The molecule has 0 radical (unpaired) electrons. The molecule has 0 bridgehead atoms. The number of halogens is 1. The molecule has 0 aliphatic carbocycles. The number of nitrogens with zero attached hydrogens (tertiary/aromatic N) is 4. The van der Waals surface area contributed by atoms with Crippen molar-refractivity contribution in [2.24, 2.45) is 0 Å². The van der Waals surface area contributed by atoms with Crippen molar-refractivity contribution in [2.45, 2.75) is 32.2 Å². The normalized spacial score (nSPS) is 20.4. The van der Waals surface area contributed by atoms with Crippen LogP contribution in [0.1, 0.15) is 26.2 Å². The summed E-state index contributed by atoms with van der Waals surface area (Å²) in [4.78, 5) is 20.1. The summed E-state index contributed by atoms with van der Waals surface area (Å²) in [5.41, 5.74) is -0.192. The second-order valence-corrected chi connectivity index (χ2v) is 4.49. The van der Waals surface area contributed by atoms with E-state index in [1.54, 1.807) is 0 Å². The standard InChI is InChI=1S/C10H13ClN4O2/c1-7-4-2-3-5-14(7)10-8(15(16)17)9(11)12-6-13-10/h6-7H,2-5H2,1H3/t7-/m1/s1. The smallest absolute Gasteiger partial charge is 0.348 e. The number of rotatable bonds is 2. The Morgan fingerprint density at radius 2 is 2.29 bits per heavy atom. The average molecular weight is 257 g/mol. The van der Waals surface area contributed by atoms with Crippen molar-refractivity contribution in [3.05, 3.63) is 21.6 Å². The molecule has 0 spiro atoms. The van der Waals surface area contributed by atoms with Crippen molar-refractivity contribution in [1.82, 2.24) is 9.97 Å². The Hall–Kier alpha value is -1.43. The van der Waals surface area contributed by atoms with E-state index in [1.165, 1.54) is 6.33 Å². The van der Waals surface area contributed by atoms with Crippen molar-refractivity contribution in [1.29, 1.82) is 0 Å². The third kappa shape index (κ3) is 2.31. The molecule has 1 aliphatic heterocycles. The van der Waals surface area contributed by atoms with Crippen LogP contribution in [0.5, 0.6) is 0 Å². The van der Waals surface area contributed by atoms with Crippen molar-refractivity contribution in [3.63, 3.8) is 0 Å². The summed E-state index contributed by atoms with van der Waals surface area (Å²) in [6, 6.07) is 0.244. The highest BCUT2D eigenvalue weighted by Gasteiger charge is 2.29. The summed E-state index contributed by atoms with van der Waals surface area (Å²) in [6.07, 6.45) is 4.44. The third-order valence-corrected chi connectivity index (χ3v) is 3.29. The minimum Gasteiger partial charge on any atom is -0.348 e. The first-order valence-corrected chi connectivity index (χ1v) is 5.90. The summed E-state index contributed by atoms with van der Waals surface area (Å²) >= 11 is 5.77. The fraction of sp³-hybridized carbons (Fsp3) is 0.600. The van der Waals surface area contributed by atoms with E-state index in [2.05, 4.69) is 9.97 Å². The summed E-state index contributed by atoms with van der Waals surface area (Å²) in [7, 11) is 0. The van der Waals surface area contributed by atoms with Gasteiger partial charge in [-0.15, -0.1) is 0 Å². The van der Waals surface area contributed by atoms with Gasteiger partial charge in [-0.3, -0.25) is 10.1 Å². The number of hydrogen-bond donors (Lipinski definition) is 0. The summed E-state index contributed by atoms with van der Waals surface area (Å²) in [6.45, 7) is 2.81. The molecule has 0 amide bonds. The Morgan fingerprint density at radius 3 is 2.94 bits per heavy atom. The van der Waals surface area contributed by atoms with Gasteiger partial charge in [-0.2, -0.15) is 0 Å². The van der Waals surface area contributed by atoms with Gasteiger partial charge in [-0.05, 0) is 26.2 Å². The first-order valence-electron chi connectivity index (χ1n) is 5.52. The average Bonchev–Trinajstić information content (AvgIpc) is 2.28. The number of aromatic nitrogens is 2. The zero-order chi connectivity index (χ0) is 12.4. The lowest BCUT2D eigenvalue weighted by molar-refractivity contribution is -0.384. The lowest BCUT2D eigenvalue weighted by Gasteiger charge is -2.33. The highest BCUT2D eigenvalue weighted by Crippen LogP contribution is 2.34. The number of anilines is 1. The van der Waals surface area contributed by atoms with E-state index in [4.69, 9.17) is 11.6 Å². The fourth-order valence-corrected chi connectivity index (χ4v) is 2.33. The molecule has 0 N–H and O–H groups in total. The Kier molecular flexibility index (Phi) is 3.42. The highest BCUT2D eigenvalue weighted by atomic mass is 35.5. The van der Waals surface area contributed by atoms with Crippen LogP contribution in [0, 0.1) is 10.1 Å². The van der Waals surface area contributed by atoms with Gasteiger partial charge in [0.05, 0.1) is 4.92 Å². The molecule has 0 saturated carbocycles. The maximum Gasteiger partial charge on any atom is 0.348 e. The predicted molar refractivity (Wildman–Crippen MR) is 64.4 cm³/mol. The minimum atomic E-state index is -0.515. The van der Waals surface area contributed by atoms with Crippen LogP contribution in [0.2, 0.25) is 5.15 Å². The van der Waals surface area contributed by atoms with E-state index < -0.39 is 4.92 Å². The summed E-state index contributed by atoms with van der Waals surface area (Å²) in [5, 5.41) is 10.9. The van der Waals surface area contributed by atoms with E-state index in [9.17, 15) is 10.1 Å². The zero-order valence-corrected chi connectivity index (χ0v) is 10.2. The molecule has 0 unspecified atom stereocenters. The molecule has 1 aliphatic rings. The van der Waals surface area contributed by atoms with Crippen molar-refractivity contribution < 1.29 is 4.92 Å². The van der Waals surface area contributed by atoms with Crippen LogP contribution in [0.3, 0.4) is 0 Å². The van der Waals surface area contributed by atoms with Gasteiger partial charge in [0.15, 0.2) is 0 Å². The van der Waals surface area contributed by atoms with Crippen LogP contribution >= 0.6 is 11.6 Å². The van der Waals surface area contributed by atoms with Crippen LogP contribution in [0.4, 0.5) is 11.5 Å². The van der Waals surface area contributed by atoms with Crippen molar-refractivity contribution in [3.8, 4) is 0 Å². The molecule has 1 saturated heterocycles. The van der Waals surface area contributed by atoms with Gasteiger partial charge in [-0.25, -0.2) is 9.97 Å². The molecule has 2 heterocycles. The van der Waals surface area contributed by atoms with Gasteiger partial charge < -0.3 is 4.90 Å². The van der Waals surface area contributed by atoms with Crippen LogP contribution in [0.15, 0.2) is 6.33 Å². The zero-order valence-electron chi connectivity index (χ0n) is 9.47. The number of hydrogen-bond acceptors (Lipinski definition) is 5. The number of nitro groups is 1. The maximum atomic E-state index is 11.0. The largest absolute Gasteiger partial charge is 0.348 e. The molecule has 7 heteroatoms. The molecule has 1 aromatic rings. The molecule has 6 nitrogen and oxygen atoms in total. The Balaban J connectivity index is 2.43. The molecule has 1 atom stereocenters. The van der Waals surface area contributed by atoms with Gasteiger partial charge in [-0.1, -0.05) is 11.6 Å². The van der Waals surface area contributed by atoms with Crippen molar-refractivity contribution in [2.75, 3.05) is 11.4 Å². The first kappa shape index (κ1) is 12.0. The number of piperidine rings is 1. The van der Waals surface area contributed by atoms with Gasteiger partial charge in [0.25, 0.3) is 0 Å². The van der Waals surface area contributed by atoms with E-state index in [1.807, 2.05) is 11.8 Å². The Bertz CT molecular complexity index is 440. The monoisotopic (exact) mass is 256 g/mol. The SMILES string of the molecule is C[C@@H]1CCCCN1c1ncnc(Cl)c1[N+](=O)[O-]. The maximum absolute atomic E-state index is 11.0. The second kappa shape index (κ2) is 4.83. The first-order chi connectivity index (χ1) is 8.11. The molecule has 92 valence electrons. The lowest BCUT2D eigenvalue weighted by atomic mass is 10.0. The van der Waals surface area contributed by atoms with Crippen LogP contribution in [0.25, 0.3) is 0 Å². The van der Waals surface area contributed by atoms with E-state index >= 15 is 0 Å². The fourth-order valence-electron chi connectivity index (χ4n) is 2.13. The van der Waals surface area contributed by atoms with Crippen molar-refractivity contribution >= 4 is 23.1 Å². The highest BCUT2D eigenvalue weighted by molar-refractivity contribution is 6.31. The summed E-state index contributed by atoms with van der Waals surface area (Å²) in [5.74, 6) is 0.335. The Labute approximate surface area is 104 Å². The van der Waals surface area contributed by atoms with Gasteiger partial charge in [0.1, 0.15) is 6.33 Å². The van der Waals surface area contributed by atoms with E-state index in [0.717, 1.165) is 25.8 Å². The lowest BCUT2D eigenvalue weighted by Crippen LogP contribution is -2.38. The van der Waals surface area contributed by atoms with Gasteiger partial charge in [0.2, 0.25) is 11.0 Å². The molecular weight excluding hydrogens is 244 g/mol. The van der Waals surface area contributed by atoms with E-state index in [0.29, 0.717) is 5.82 Å². The topological polar surface area (TPSA) is 72.2 Å². The molecule has 1 aromatic heterocycles. The van der Waals surface area contributed by atoms with Crippen LogP contribution < -0.4 is 4.90 Å². The van der Waals surface area contributed by atoms with Gasteiger partial charge in [0, 0.05) is 12.6 Å². The molecule has 0 aromatic carbocycles. The molecule has 2 rings (SSSR count). The second-order valence-electron chi connectivity index (χ2n) is 4.13. The Morgan fingerprint density at radius 1 is 1.53 bits per heavy atom. The predicted octanol–water partition coefficient (Wildman–Crippen LogP) is 2.42. The van der Waals surface area contributed by atoms with Crippen LogP contribution in [-0.2, 0) is 0 Å². The molecular formula is C10H13ClN4O2.